The molecule has 1 aromatic carbocycles. The second kappa shape index (κ2) is 6.04. The fourth-order valence-electron chi connectivity index (χ4n) is 2.08. The Morgan fingerprint density at radius 3 is 2.30 bits per heavy atom. The second-order valence-corrected chi connectivity index (χ2v) is 6.07. The number of nitrogen functional groups attached to an aromatic ring is 1. The summed E-state index contributed by atoms with van der Waals surface area (Å²) in [7, 11) is 0. The SMILES string of the molecule is CC(C)(C)OC(=O)Nc1c[nH]c(C(N)=O)c1-c1ccc(N)cc1. The quantitative estimate of drug-likeness (QED) is 0.650. The summed E-state index contributed by atoms with van der Waals surface area (Å²) in [5.41, 5.74) is 12.8. The van der Waals surface area contributed by atoms with Crippen molar-refractivity contribution in [3.63, 3.8) is 0 Å². The summed E-state index contributed by atoms with van der Waals surface area (Å²) in [6.07, 6.45) is 0.875. The van der Waals surface area contributed by atoms with Gasteiger partial charge in [-0.2, -0.15) is 0 Å². The fourth-order valence-corrected chi connectivity index (χ4v) is 2.08. The number of aromatic nitrogens is 1. The van der Waals surface area contributed by atoms with Crippen LogP contribution in [0.5, 0.6) is 0 Å². The molecule has 7 heteroatoms. The zero-order valence-electron chi connectivity index (χ0n) is 13.3. The van der Waals surface area contributed by atoms with Crippen LogP contribution in [0.15, 0.2) is 30.5 Å². The number of carbonyl (C=O) groups is 2. The monoisotopic (exact) mass is 316 g/mol. The van der Waals surface area contributed by atoms with Crippen molar-refractivity contribution in [1.29, 1.82) is 0 Å². The van der Waals surface area contributed by atoms with Gasteiger partial charge in [0.1, 0.15) is 11.3 Å². The molecule has 1 heterocycles. The van der Waals surface area contributed by atoms with Crippen molar-refractivity contribution in [3.8, 4) is 11.1 Å². The zero-order chi connectivity index (χ0) is 17.2. The van der Waals surface area contributed by atoms with Crippen LogP contribution in [0.25, 0.3) is 11.1 Å². The number of anilines is 2. The minimum absolute atomic E-state index is 0.195. The lowest BCUT2D eigenvalue weighted by atomic mass is 10.0. The molecule has 0 atom stereocenters. The number of amides is 2. The Bertz CT molecular complexity index is 727. The molecule has 122 valence electrons. The van der Waals surface area contributed by atoms with Crippen LogP contribution < -0.4 is 16.8 Å². The second-order valence-electron chi connectivity index (χ2n) is 6.07. The summed E-state index contributed by atoms with van der Waals surface area (Å²) in [4.78, 5) is 26.4. The van der Waals surface area contributed by atoms with Gasteiger partial charge in [-0.3, -0.25) is 10.1 Å². The molecule has 0 radical (unpaired) electrons. The first-order valence-electron chi connectivity index (χ1n) is 7.04. The standard InChI is InChI=1S/C16H20N4O3/c1-16(2,3)23-15(22)20-11-8-19-13(14(18)21)12(11)9-4-6-10(17)7-5-9/h4-8,19H,17H2,1-3H3,(H2,18,21)(H,20,22). The number of benzene rings is 1. The highest BCUT2D eigenvalue weighted by Crippen LogP contribution is 2.32. The minimum atomic E-state index is -0.631. The van der Waals surface area contributed by atoms with Crippen molar-refractivity contribution < 1.29 is 14.3 Å². The molecule has 0 aliphatic heterocycles. The van der Waals surface area contributed by atoms with Crippen LogP contribution in [0, 0.1) is 0 Å². The Kier molecular flexibility index (Phi) is 4.31. The third-order valence-corrected chi connectivity index (χ3v) is 2.96. The van der Waals surface area contributed by atoms with E-state index in [1.807, 2.05) is 0 Å². The molecule has 2 aromatic rings. The first kappa shape index (κ1) is 16.4. The summed E-state index contributed by atoms with van der Waals surface area (Å²) in [5, 5.41) is 2.62. The van der Waals surface area contributed by atoms with Crippen LogP contribution in [0.1, 0.15) is 31.3 Å². The van der Waals surface area contributed by atoms with Gasteiger partial charge < -0.3 is 21.2 Å². The van der Waals surface area contributed by atoms with Gasteiger partial charge in [-0.25, -0.2) is 4.79 Å². The van der Waals surface area contributed by atoms with Gasteiger partial charge in [-0.15, -0.1) is 0 Å². The van der Waals surface area contributed by atoms with E-state index in [1.54, 1.807) is 45.0 Å². The lowest BCUT2D eigenvalue weighted by Crippen LogP contribution is -2.27. The lowest BCUT2D eigenvalue weighted by Gasteiger charge is -2.19. The summed E-state index contributed by atoms with van der Waals surface area (Å²) >= 11 is 0. The summed E-state index contributed by atoms with van der Waals surface area (Å²) in [6.45, 7) is 5.29. The number of hydrogen-bond donors (Lipinski definition) is 4. The van der Waals surface area contributed by atoms with E-state index < -0.39 is 17.6 Å². The number of H-pyrrole nitrogens is 1. The van der Waals surface area contributed by atoms with Crippen LogP contribution in [0.3, 0.4) is 0 Å². The maximum absolute atomic E-state index is 12.0. The predicted octanol–water partition coefficient (Wildman–Crippen LogP) is 2.71. The molecule has 1 aromatic heterocycles. The van der Waals surface area contributed by atoms with Crippen LogP contribution in [-0.2, 0) is 4.74 Å². The third-order valence-electron chi connectivity index (χ3n) is 2.96. The van der Waals surface area contributed by atoms with Crippen molar-refractivity contribution in [2.75, 3.05) is 11.1 Å². The van der Waals surface area contributed by atoms with E-state index in [9.17, 15) is 9.59 Å². The Balaban J connectivity index is 2.39. The van der Waals surface area contributed by atoms with Crippen LogP contribution in [-0.4, -0.2) is 22.6 Å². The predicted molar refractivity (Wildman–Crippen MR) is 89.0 cm³/mol. The van der Waals surface area contributed by atoms with Gasteiger partial charge in [0.25, 0.3) is 5.91 Å². The molecule has 0 bridgehead atoms. The molecular formula is C16H20N4O3. The highest BCUT2D eigenvalue weighted by Gasteiger charge is 2.21. The summed E-state index contributed by atoms with van der Waals surface area (Å²) in [5.74, 6) is -0.630. The topological polar surface area (TPSA) is 123 Å². The molecule has 23 heavy (non-hydrogen) atoms. The smallest absolute Gasteiger partial charge is 0.412 e. The molecule has 2 rings (SSSR count). The van der Waals surface area contributed by atoms with Crippen molar-refractivity contribution in [1.82, 2.24) is 4.98 Å². The first-order chi connectivity index (χ1) is 10.7. The molecule has 0 saturated carbocycles. The molecule has 0 unspecified atom stereocenters. The zero-order valence-corrected chi connectivity index (χ0v) is 13.3. The average molecular weight is 316 g/mol. The fraction of sp³-hybridized carbons (Fsp3) is 0.250. The van der Waals surface area contributed by atoms with Crippen LogP contribution in [0.2, 0.25) is 0 Å². The molecule has 2 amide bonds. The Hall–Kier alpha value is -2.96. The molecule has 6 N–H and O–H groups in total. The van der Waals surface area contributed by atoms with Crippen LogP contribution >= 0.6 is 0 Å². The number of ether oxygens (including phenoxy) is 1. The van der Waals surface area contributed by atoms with E-state index in [-0.39, 0.29) is 5.69 Å². The number of hydrogen-bond acceptors (Lipinski definition) is 4. The number of nitrogens with one attached hydrogen (secondary N) is 2. The van der Waals surface area contributed by atoms with E-state index in [0.29, 0.717) is 22.5 Å². The highest BCUT2D eigenvalue weighted by molar-refractivity contribution is 6.04. The Labute approximate surface area is 134 Å². The van der Waals surface area contributed by atoms with Gasteiger partial charge in [-0.05, 0) is 38.5 Å². The molecule has 0 spiro atoms. The average Bonchev–Trinajstić information content (AvgIpc) is 2.81. The number of nitrogens with two attached hydrogens (primary N) is 2. The van der Waals surface area contributed by atoms with E-state index in [4.69, 9.17) is 16.2 Å². The Morgan fingerprint density at radius 2 is 1.78 bits per heavy atom. The molecule has 0 saturated heterocycles. The molecule has 0 aliphatic carbocycles. The normalized spacial score (nSPS) is 11.1. The van der Waals surface area contributed by atoms with E-state index in [2.05, 4.69) is 10.3 Å². The number of carbonyl (C=O) groups excluding carboxylic acids is 2. The van der Waals surface area contributed by atoms with Gasteiger partial charge in [0.05, 0.1) is 5.69 Å². The number of aromatic amines is 1. The first-order valence-corrected chi connectivity index (χ1v) is 7.04. The van der Waals surface area contributed by atoms with Gasteiger partial charge >= 0.3 is 6.09 Å². The maximum Gasteiger partial charge on any atom is 0.412 e. The van der Waals surface area contributed by atoms with Crippen LogP contribution in [0.4, 0.5) is 16.2 Å². The minimum Gasteiger partial charge on any atom is -0.444 e. The van der Waals surface area contributed by atoms with Crippen molar-refractivity contribution >= 4 is 23.4 Å². The van der Waals surface area contributed by atoms with Gasteiger partial charge in [0.15, 0.2) is 0 Å². The third kappa shape index (κ3) is 4.03. The maximum atomic E-state index is 12.0. The largest absolute Gasteiger partial charge is 0.444 e. The number of primary amides is 1. The van der Waals surface area contributed by atoms with Crippen molar-refractivity contribution in [2.45, 2.75) is 26.4 Å². The van der Waals surface area contributed by atoms with E-state index >= 15 is 0 Å². The molecule has 7 nitrogen and oxygen atoms in total. The van der Waals surface area contributed by atoms with E-state index in [1.165, 1.54) is 6.20 Å². The summed E-state index contributed by atoms with van der Waals surface area (Å²) in [6, 6.07) is 6.88. The highest BCUT2D eigenvalue weighted by atomic mass is 16.6. The molecular weight excluding hydrogens is 296 g/mol. The summed E-state index contributed by atoms with van der Waals surface area (Å²) < 4.78 is 5.22. The number of rotatable bonds is 3. The van der Waals surface area contributed by atoms with Crippen molar-refractivity contribution in [3.05, 3.63) is 36.2 Å². The van der Waals surface area contributed by atoms with Gasteiger partial charge in [0, 0.05) is 17.4 Å². The van der Waals surface area contributed by atoms with E-state index in [0.717, 1.165) is 0 Å². The lowest BCUT2D eigenvalue weighted by molar-refractivity contribution is 0.0635. The van der Waals surface area contributed by atoms with Crippen molar-refractivity contribution in [2.24, 2.45) is 5.73 Å². The van der Waals surface area contributed by atoms with Gasteiger partial charge in [-0.1, -0.05) is 12.1 Å². The molecule has 0 aliphatic rings. The Morgan fingerprint density at radius 1 is 1.17 bits per heavy atom. The molecule has 0 fully saturated rings. The van der Waals surface area contributed by atoms with Gasteiger partial charge in [0.2, 0.25) is 0 Å².